The molecule has 1 aromatic carbocycles. The zero-order valence-corrected chi connectivity index (χ0v) is 9.99. The fourth-order valence-electron chi connectivity index (χ4n) is 2.30. The minimum atomic E-state index is -0.939. The van der Waals surface area contributed by atoms with Gasteiger partial charge in [0.25, 0.3) is 0 Å². The quantitative estimate of drug-likeness (QED) is 0.700. The van der Waals surface area contributed by atoms with Gasteiger partial charge >= 0.3 is 5.97 Å². The maximum Gasteiger partial charge on any atom is 0.337 e. The summed E-state index contributed by atoms with van der Waals surface area (Å²) in [4.78, 5) is 11.2. The van der Waals surface area contributed by atoms with Crippen molar-refractivity contribution < 1.29 is 9.90 Å². The summed E-state index contributed by atoms with van der Waals surface area (Å²) in [7, 11) is 0. The highest BCUT2D eigenvalue weighted by molar-refractivity contribution is 5.95. The predicted molar refractivity (Wildman–Crippen MR) is 68.3 cm³/mol. The lowest BCUT2D eigenvalue weighted by molar-refractivity contribution is 0.0697. The molecule has 0 unspecified atom stereocenters. The molecular formula is C13H18N2O2. The molecule has 92 valence electrons. The van der Waals surface area contributed by atoms with Gasteiger partial charge < -0.3 is 16.2 Å². The molecule has 1 saturated carbocycles. The van der Waals surface area contributed by atoms with E-state index in [1.54, 1.807) is 12.1 Å². The van der Waals surface area contributed by atoms with Gasteiger partial charge in [-0.15, -0.1) is 0 Å². The first kappa shape index (κ1) is 11.8. The maximum atomic E-state index is 11.2. The number of carbonyl (C=O) groups is 1. The van der Waals surface area contributed by atoms with Gasteiger partial charge in [0, 0.05) is 16.9 Å². The van der Waals surface area contributed by atoms with Gasteiger partial charge in [-0.25, -0.2) is 4.79 Å². The number of nitrogen functional groups attached to an aromatic ring is 1. The van der Waals surface area contributed by atoms with Crippen LogP contribution < -0.4 is 11.1 Å². The molecule has 0 spiro atoms. The molecule has 2 rings (SSSR count). The van der Waals surface area contributed by atoms with E-state index >= 15 is 0 Å². The lowest BCUT2D eigenvalue weighted by Crippen LogP contribution is -2.44. The number of carboxylic acid groups (broad SMARTS) is 1. The number of nitrogens with two attached hydrogens (primary N) is 1. The third-order valence-corrected chi connectivity index (χ3v) is 3.66. The van der Waals surface area contributed by atoms with Crippen LogP contribution in [0.5, 0.6) is 0 Å². The molecule has 1 aliphatic rings. The minimum Gasteiger partial charge on any atom is -0.478 e. The van der Waals surface area contributed by atoms with Gasteiger partial charge in [-0.3, -0.25) is 0 Å². The van der Waals surface area contributed by atoms with Gasteiger partial charge in [0.05, 0.1) is 5.56 Å². The minimum absolute atomic E-state index is 0.0836. The number of aromatic carboxylic acids is 1. The molecule has 0 radical (unpaired) electrons. The van der Waals surface area contributed by atoms with Gasteiger partial charge in [0.2, 0.25) is 0 Å². The van der Waals surface area contributed by atoms with Crippen LogP contribution in [-0.4, -0.2) is 16.6 Å². The van der Waals surface area contributed by atoms with Crippen LogP contribution in [0.1, 0.15) is 43.0 Å². The first-order valence-corrected chi connectivity index (χ1v) is 5.97. The molecule has 1 aromatic rings. The highest BCUT2D eigenvalue weighted by atomic mass is 16.4. The Balaban J connectivity index is 2.29. The average Bonchev–Trinajstić information content (AvgIpc) is 2.25. The van der Waals surface area contributed by atoms with Crippen molar-refractivity contribution in [3.8, 4) is 0 Å². The summed E-state index contributed by atoms with van der Waals surface area (Å²) in [6.45, 7) is 2.13. The van der Waals surface area contributed by atoms with Gasteiger partial charge in [-0.05, 0) is 43.9 Å². The lowest BCUT2D eigenvalue weighted by atomic mass is 9.74. The van der Waals surface area contributed by atoms with E-state index in [0.717, 1.165) is 19.3 Å². The van der Waals surface area contributed by atoms with Crippen LogP contribution in [0.15, 0.2) is 18.2 Å². The molecule has 4 N–H and O–H groups in total. The highest BCUT2D eigenvalue weighted by Crippen LogP contribution is 2.38. The van der Waals surface area contributed by atoms with Crippen molar-refractivity contribution in [1.29, 1.82) is 0 Å². The second kappa shape index (κ2) is 4.28. The molecule has 0 bridgehead atoms. The van der Waals surface area contributed by atoms with Crippen molar-refractivity contribution >= 4 is 17.3 Å². The zero-order valence-electron chi connectivity index (χ0n) is 9.99. The number of hydrogen-bond acceptors (Lipinski definition) is 3. The van der Waals surface area contributed by atoms with Crippen LogP contribution in [0, 0.1) is 0 Å². The van der Waals surface area contributed by atoms with Crippen molar-refractivity contribution in [2.45, 2.75) is 38.1 Å². The van der Waals surface area contributed by atoms with Crippen LogP contribution in [0.3, 0.4) is 0 Å². The molecule has 0 aliphatic heterocycles. The largest absolute Gasteiger partial charge is 0.478 e. The third kappa shape index (κ3) is 2.20. The molecule has 1 fully saturated rings. The van der Waals surface area contributed by atoms with Gasteiger partial charge in [0.15, 0.2) is 0 Å². The molecule has 0 aromatic heterocycles. The van der Waals surface area contributed by atoms with Gasteiger partial charge in [-0.2, -0.15) is 0 Å². The Morgan fingerprint density at radius 1 is 1.53 bits per heavy atom. The highest BCUT2D eigenvalue weighted by Gasteiger charge is 2.35. The molecule has 0 atom stereocenters. The smallest absolute Gasteiger partial charge is 0.337 e. The van der Waals surface area contributed by atoms with Crippen molar-refractivity contribution in [2.75, 3.05) is 11.1 Å². The maximum absolute atomic E-state index is 11.2. The average molecular weight is 234 g/mol. The Morgan fingerprint density at radius 3 is 2.71 bits per heavy atom. The first-order chi connectivity index (χ1) is 8.06. The van der Waals surface area contributed by atoms with Gasteiger partial charge in [0.1, 0.15) is 0 Å². The SMILES string of the molecule is CCC1(Nc2ccc(N)cc2C(=O)O)CCC1. The number of carboxylic acids is 1. The topological polar surface area (TPSA) is 75.3 Å². The molecule has 0 saturated heterocycles. The standard InChI is InChI=1S/C13H18N2O2/c1-2-13(6-3-7-13)15-11-5-4-9(14)8-10(11)12(16)17/h4-5,8,15H,2-3,6-7,14H2,1H3,(H,16,17). The molecule has 1 aliphatic carbocycles. The van der Waals surface area contributed by atoms with E-state index in [1.165, 1.54) is 12.5 Å². The monoisotopic (exact) mass is 234 g/mol. The van der Waals surface area contributed by atoms with Crippen molar-refractivity contribution in [2.24, 2.45) is 0 Å². The summed E-state index contributed by atoms with van der Waals surface area (Å²) in [6.07, 6.45) is 4.43. The van der Waals surface area contributed by atoms with Crippen LogP contribution in [0.25, 0.3) is 0 Å². The number of benzene rings is 1. The van der Waals surface area contributed by atoms with E-state index in [4.69, 9.17) is 10.8 Å². The van der Waals surface area contributed by atoms with Crippen LogP contribution in [0.4, 0.5) is 11.4 Å². The van der Waals surface area contributed by atoms with Crippen LogP contribution >= 0.6 is 0 Å². The van der Waals surface area contributed by atoms with E-state index in [9.17, 15) is 4.79 Å². The fraction of sp³-hybridized carbons (Fsp3) is 0.462. The summed E-state index contributed by atoms with van der Waals surface area (Å²) in [6, 6.07) is 5.00. The number of anilines is 2. The first-order valence-electron chi connectivity index (χ1n) is 5.97. The molecule has 4 nitrogen and oxygen atoms in total. The Labute approximate surface area is 101 Å². The Hall–Kier alpha value is -1.71. The van der Waals surface area contributed by atoms with Crippen molar-refractivity contribution in [3.63, 3.8) is 0 Å². The summed E-state index contributed by atoms with van der Waals surface area (Å²) >= 11 is 0. The van der Waals surface area contributed by atoms with Crippen LogP contribution in [0.2, 0.25) is 0 Å². The van der Waals surface area contributed by atoms with E-state index in [-0.39, 0.29) is 11.1 Å². The van der Waals surface area contributed by atoms with Crippen molar-refractivity contribution in [1.82, 2.24) is 0 Å². The van der Waals surface area contributed by atoms with E-state index in [1.807, 2.05) is 0 Å². The molecule has 0 heterocycles. The zero-order chi connectivity index (χ0) is 12.5. The van der Waals surface area contributed by atoms with Crippen LogP contribution in [-0.2, 0) is 0 Å². The molecule has 17 heavy (non-hydrogen) atoms. The van der Waals surface area contributed by atoms with Crippen molar-refractivity contribution in [3.05, 3.63) is 23.8 Å². The Bertz CT molecular complexity index is 434. The second-order valence-corrected chi connectivity index (χ2v) is 4.72. The number of rotatable bonds is 4. The van der Waals surface area contributed by atoms with E-state index in [0.29, 0.717) is 11.4 Å². The predicted octanol–water partition coefficient (Wildman–Crippen LogP) is 2.71. The molecular weight excluding hydrogens is 216 g/mol. The lowest BCUT2D eigenvalue weighted by Gasteiger charge is -2.43. The summed E-state index contributed by atoms with van der Waals surface area (Å²) in [5, 5.41) is 12.5. The summed E-state index contributed by atoms with van der Waals surface area (Å²) in [5.41, 5.74) is 7.11. The van der Waals surface area contributed by atoms with Gasteiger partial charge in [-0.1, -0.05) is 6.92 Å². The molecule has 4 heteroatoms. The van der Waals surface area contributed by atoms with E-state index < -0.39 is 5.97 Å². The number of hydrogen-bond donors (Lipinski definition) is 3. The Morgan fingerprint density at radius 2 is 2.24 bits per heavy atom. The molecule has 0 amide bonds. The second-order valence-electron chi connectivity index (χ2n) is 4.72. The third-order valence-electron chi connectivity index (χ3n) is 3.66. The normalized spacial score (nSPS) is 17.2. The Kier molecular flexibility index (Phi) is 2.96. The van der Waals surface area contributed by atoms with E-state index in [2.05, 4.69) is 12.2 Å². The fourth-order valence-corrected chi connectivity index (χ4v) is 2.30. The number of nitrogens with one attached hydrogen (secondary N) is 1. The summed E-state index contributed by atoms with van der Waals surface area (Å²) < 4.78 is 0. The summed E-state index contributed by atoms with van der Waals surface area (Å²) in [5.74, 6) is -0.939.